The minimum Gasteiger partial charge on any atom is -0.481 e. The summed E-state index contributed by atoms with van der Waals surface area (Å²) in [5.74, 6) is -3.73. The molecule has 10 nitrogen and oxygen atoms in total. The van der Waals surface area contributed by atoms with E-state index in [4.69, 9.17) is 11.5 Å². The van der Waals surface area contributed by atoms with Gasteiger partial charge in [0, 0.05) is 36.6 Å². The zero-order chi connectivity index (χ0) is 31.4. The van der Waals surface area contributed by atoms with Gasteiger partial charge in [0.1, 0.15) is 0 Å². The Balaban J connectivity index is 1.75. The van der Waals surface area contributed by atoms with E-state index in [0.29, 0.717) is 29.8 Å². The van der Waals surface area contributed by atoms with E-state index in [2.05, 4.69) is 16.9 Å². The van der Waals surface area contributed by atoms with Gasteiger partial charge in [0.05, 0.1) is 23.5 Å². The Bertz CT molecular complexity index is 1510. The van der Waals surface area contributed by atoms with Gasteiger partial charge in [0.2, 0.25) is 5.91 Å². The molecule has 0 spiro atoms. The lowest BCUT2D eigenvalue weighted by Gasteiger charge is -2.22. The summed E-state index contributed by atoms with van der Waals surface area (Å²) in [6.07, 6.45) is 3.84. The molecule has 0 aliphatic carbocycles. The smallest absolute Gasteiger partial charge is 0.303 e. The van der Waals surface area contributed by atoms with Gasteiger partial charge in [-0.25, -0.2) is 8.42 Å². The molecule has 1 heterocycles. The maximum Gasteiger partial charge on any atom is 0.303 e. The second-order valence-corrected chi connectivity index (χ2v) is 12.7. The lowest BCUT2D eigenvalue weighted by atomic mass is 9.97. The van der Waals surface area contributed by atoms with Crippen molar-refractivity contribution in [2.45, 2.75) is 50.3 Å². The maximum atomic E-state index is 13.6. The Kier molecular flexibility index (Phi) is 12.0. The van der Waals surface area contributed by atoms with E-state index >= 15 is 0 Å². The Hall–Kier alpha value is -4.51. The van der Waals surface area contributed by atoms with Crippen LogP contribution in [0.25, 0.3) is 5.70 Å². The predicted octanol–water partition coefficient (Wildman–Crippen LogP) is 3.31. The molecule has 0 saturated carbocycles. The van der Waals surface area contributed by atoms with Gasteiger partial charge in [0.25, 0.3) is 0 Å². The molecular weight excluding hydrogens is 568 g/mol. The van der Waals surface area contributed by atoms with Crippen LogP contribution in [0.15, 0.2) is 79.6 Å². The molecule has 0 aliphatic rings. The van der Waals surface area contributed by atoms with Gasteiger partial charge in [-0.05, 0) is 72.2 Å². The number of ketones is 1. The fourth-order valence-corrected chi connectivity index (χ4v) is 6.36. The molecule has 0 aliphatic heterocycles. The van der Waals surface area contributed by atoms with Crippen LogP contribution in [-0.4, -0.2) is 48.0 Å². The summed E-state index contributed by atoms with van der Waals surface area (Å²) in [7, 11) is -3.74. The van der Waals surface area contributed by atoms with Crippen molar-refractivity contribution in [3.8, 4) is 0 Å². The van der Waals surface area contributed by atoms with Crippen LogP contribution in [0.3, 0.4) is 0 Å². The van der Waals surface area contributed by atoms with E-state index < -0.39 is 39.4 Å². The van der Waals surface area contributed by atoms with Gasteiger partial charge in [-0.15, -0.1) is 0 Å². The van der Waals surface area contributed by atoms with Gasteiger partial charge in [-0.1, -0.05) is 43.0 Å². The number of anilines is 1. The SMILES string of the molecule is C=C(N)c1ccc(CCC(=O)[C@H](CCC(=O)O)NC(=O)[C@@H](CCc2ccncc2)CS(=O)(=O)Cc2ccc(N)cc2)cc1. The van der Waals surface area contributed by atoms with Gasteiger partial charge >= 0.3 is 5.97 Å². The maximum absolute atomic E-state index is 13.6. The number of hydrogen-bond donors (Lipinski definition) is 4. The highest BCUT2D eigenvalue weighted by atomic mass is 32.2. The first kappa shape index (κ1) is 33.0. The summed E-state index contributed by atoms with van der Waals surface area (Å²) >= 11 is 0. The number of aromatic nitrogens is 1. The number of nitrogen functional groups attached to an aromatic ring is 1. The predicted molar refractivity (Wildman–Crippen MR) is 166 cm³/mol. The summed E-state index contributed by atoms with van der Waals surface area (Å²) < 4.78 is 26.4. The number of carboxylic acids is 1. The van der Waals surface area contributed by atoms with Crippen molar-refractivity contribution in [3.05, 3.63) is 102 Å². The number of rotatable bonds is 17. The third kappa shape index (κ3) is 11.4. The number of benzene rings is 2. The molecule has 2 atom stereocenters. The molecule has 3 rings (SSSR count). The molecule has 0 radical (unpaired) electrons. The number of carbonyl (C=O) groups is 3. The number of nitrogens with one attached hydrogen (secondary N) is 1. The van der Waals surface area contributed by atoms with Gasteiger partial charge in [0.15, 0.2) is 15.6 Å². The first-order valence-electron chi connectivity index (χ1n) is 13.9. The molecule has 228 valence electrons. The van der Waals surface area contributed by atoms with E-state index in [1.165, 1.54) is 0 Å². The van der Waals surface area contributed by atoms with Crippen LogP contribution in [0.2, 0.25) is 0 Å². The summed E-state index contributed by atoms with van der Waals surface area (Å²) in [5, 5.41) is 11.9. The normalized spacial score (nSPS) is 12.7. The van der Waals surface area contributed by atoms with Gasteiger partial charge < -0.3 is 21.9 Å². The fourth-order valence-electron chi connectivity index (χ4n) is 4.61. The highest BCUT2D eigenvalue weighted by molar-refractivity contribution is 7.90. The number of carboxylic acid groups (broad SMARTS) is 1. The number of aryl methyl sites for hydroxylation is 2. The topological polar surface area (TPSA) is 183 Å². The summed E-state index contributed by atoms with van der Waals surface area (Å²) in [6, 6.07) is 16.2. The number of sulfone groups is 1. The third-order valence-corrected chi connectivity index (χ3v) is 8.74. The number of hydrogen-bond acceptors (Lipinski definition) is 8. The van der Waals surface area contributed by atoms with Crippen molar-refractivity contribution in [2.24, 2.45) is 11.7 Å². The molecule has 43 heavy (non-hydrogen) atoms. The molecule has 1 aromatic heterocycles. The molecule has 0 fully saturated rings. The zero-order valence-corrected chi connectivity index (χ0v) is 24.8. The zero-order valence-electron chi connectivity index (χ0n) is 23.9. The van der Waals surface area contributed by atoms with Gasteiger partial charge in [-0.2, -0.15) is 0 Å². The van der Waals surface area contributed by atoms with Crippen molar-refractivity contribution in [1.29, 1.82) is 0 Å². The summed E-state index contributed by atoms with van der Waals surface area (Å²) in [5.41, 5.74) is 15.4. The second kappa shape index (κ2) is 15.6. The van der Waals surface area contributed by atoms with E-state index in [1.54, 1.807) is 60.9 Å². The summed E-state index contributed by atoms with van der Waals surface area (Å²) in [4.78, 5) is 42.1. The van der Waals surface area contributed by atoms with Crippen molar-refractivity contribution in [2.75, 3.05) is 11.5 Å². The molecule has 0 bridgehead atoms. The Morgan fingerprint density at radius 1 is 0.860 bits per heavy atom. The lowest BCUT2D eigenvalue weighted by molar-refractivity contribution is -0.138. The Morgan fingerprint density at radius 2 is 1.47 bits per heavy atom. The highest BCUT2D eigenvalue weighted by Crippen LogP contribution is 2.18. The number of pyridine rings is 1. The number of amides is 1. The van der Waals surface area contributed by atoms with Crippen molar-refractivity contribution < 1.29 is 27.9 Å². The largest absolute Gasteiger partial charge is 0.481 e. The molecule has 0 unspecified atom stereocenters. The van der Waals surface area contributed by atoms with Crippen LogP contribution in [0.1, 0.15) is 47.9 Å². The molecule has 2 aromatic carbocycles. The number of nitrogens with zero attached hydrogens (tertiary/aromatic N) is 1. The minimum absolute atomic E-state index is 0.0601. The van der Waals surface area contributed by atoms with E-state index in [-0.39, 0.29) is 37.2 Å². The number of carbonyl (C=O) groups excluding carboxylic acids is 2. The summed E-state index contributed by atoms with van der Waals surface area (Å²) in [6.45, 7) is 3.70. The second-order valence-electron chi connectivity index (χ2n) is 10.6. The van der Waals surface area contributed by atoms with Crippen molar-refractivity contribution >= 4 is 38.9 Å². The average Bonchev–Trinajstić information content (AvgIpc) is 2.97. The Morgan fingerprint density at radius 3 is 2.07 bits per heavy atom. The number of aliphatic carboxylic acids is 1. The lowest BCUT2D eigenvalue weighted by Crippen LogP contribution is -2.45. The first-order valence-corrected chi connectivity index (χ1v) is 15.8. The minimum atomic E-state index is -3.74. The van der Waals surface area contributed by atoms with Crippen LogP contribution in [0.5, 0.6) is 0 Å². The average molecular weight is 607 g/mol. The van der Waals surface area contributed by atoms with Crippen molar-refractivity contribution in [3.63, 3.8) is 0 Å². The quantitative estimate of drug-likeness (QED) is 0.168. The highest BCUT2D eigenvalue weighted by Gasteiger charge is 2.29. The van der Waals surface area contributed by atoms with E-state index in [0.717, 1.165) is 16.7 Å². The van der Waals surface area contributed by atoms with Crippen LogP contribution >= 0.6 is 0 Å². The fraction of sp³-hybridized carbons (Fsp3) is 0.312. The monoisotopic (exact) mass is 606 g/mol. The van der Waals surface area contributed by atoms with Gasteiger partial charge in [-0.3, -0.25) is 19.4 Å². The van der Waals surface area contributed by atoms with E-state index in [9.17, 15) is 27.9 Å². The molecule has 3 aromatic rings. The molecule has 11 heteroatoms. The molecule has 1 amide bonds. The van der Waals surface area contributed by atoms with Crippen LogP contribution < -0.4 is 16.8 Å². The molecule has 6 N–H and O–H groups in total. The number of Topliss-reactive ketones (excluding diaryl/α,β-unsaturated/α-hetero) is 1. The van der Waals surface area contributed by atoms with Crippen LogP contribution in [0, 0.1) is 5.92 Å². The first-order chi connectivity index (χ1) is 20.4. The van der Waals surface area contributed by atoms with Crippen LogP contribution in [0.4, 0.5) is 5.69 Å². The third-order valence-electron chi connectivity index (χ3n) is 7.06. The number of nitrogens with two attached hydrogens (primary N) is 2. The van der Waals surface area contributed by atoms with Crippen molar-refractivity contribution in [1.82, 2.24) is 10.3 Å². The van der Waals surface area contributed by atoms with E-state index in [1.807, 2.05) is 12.1 Å². The molecule has 0 saturated heterocycles. The Labute approximate surface area is 252 Å². The molecular formula is C32H38N4O6S. The standard InChI is InChI=1S/C32H38N4O6S/c1-22(33)26-8-2-23(3-9-26)7-14-30(37)29(13-15-31(38)39)36-32(40)27(10-4-24-16-18-35-19-17-24)21-43(41,42)20-25-5-11-28(34)12-6-25/h2-3,5-6,8-9,11-12,16-19,27,29H,1,4,7,10,13-15,20-21,33-34H2,(H,36,40)(H,38,39)/t27-,29-/m0/s1. The van der Waals surface area contributed by atoms with Crippen LogP contribution in [-0.2, 0) is 42.8 Å².